The number of nitrogens with one attached hydrogen (secondary N) is 1. The number of thiazole rings is 1. The van der Waals surface area contributed by atoms with Crippen molar-refractivity contribution in [1.82, 2.24) is 4.98 Å². The molecule has 0 aliphatic carbocycles. The number of ether oxygens (including phenoxy) is 2. The molecule has 0 spiro atoms. The minimum absolute atomic E-state index is 0.151. The largest absolute Gasteiger partial charge is 0.490 e. The van der Waals surface area contributed by atoms with E-state index in [1.165, 1.54) is 32.6 Å². The van der Waals surface area contributed by atoms with Crippen LogP contribution in [0.4, 0.5) is 10.8 Å². The average Bonchev–Trinajstić information content (AvgIpc) is 3.04. The Balaban J connectivity index is 2.16. The summed E-state index contributed by atoms with van der Waals surface area (Å²) in [6.45, 7) is 1.88. The van der Waals surface area contributed by atoms with Gasteiger partial charge in [-0.25, -0.2) is 9.78 Å². The van der Waals surface area contributed by atoms with Crippen molar-refractivity contribution >= 4 is 34.3 Å². The summed E-state index contributed by atoms with van der Waals surface area (Å²) in [5, 5.41) is 15.4. The number of hydrogen-bond acceptors (Lipinski definition) is 9. The Morgan fingerprint density at radius 2 is 2.24 bits per heavy atom. The molecule has 1 heterocycles. The summed E-state index contributed by atoms with van der Waals surface area (Å²) in [4.78, 5) is 26.8. The van der Waals surface area contributed by atoms with Crippen molar-refractivity contribution < 1.29 is 19.2 Å². The van der Waals surface area contributed by atoms with E-state index in [0.29, 0.717) is 27.7 Å². The van der Waals surface area contributed by atoms with Crippen LogP contribution < -0.4 is 10.2 Å². The molecule has 0 aliphatic heterocycles. The summed E-state index contributed by atoms with van der Waals surface area (Å²) in [6.07, 6.45) is 1.99. The highest BCUT2D eigenvalue weighted by atomic mass is 32.1. The first-order chi connectivity index (χ1) is 12.0. The lowest BCUT2D eigenvalue weighted by Crippen LogP contribution is -2.01. The van der Waals surface area contributed by atoms with E-state index in [1.54, 1.807) is 6.07 Å². The second-order valence-electron chi connectivity index (χ2n) is 4.70. The van der Waals surface area contributed by atoms with Crippen LogP contribution in [0.15, 0.2) is 23.3 Å². The van der Waals surface area contributed by atoms with Crippen molar-refractivity contribution in [1.29, 1.82) is 0 Å². The third-order valence-corrected chi connectivity index (χ3v) is 4.16. The number of nitrogens with zero attached hydrogens (tertiary/aromatic N) is 3. The van der Waals surface area contributed by atoms with Gasteiger partial charge in [-0.1, -0.05) is 18.3 Å². The molecule has 0 aliphatic rings. The minimum atomic E-state index is -0.527. The van der Waals surface area contributed by atoms with Crippen LogP contribution in [0.1, 0.15) is 27.9 Å². The Hall–Kier alpha value is -3.01. The quantitative estimate of drug-likeness (QED) is 0.347. The minimum Gasteiger partial charge on any atom is -0.490 e. The fraction of sp³-hybridized carbons (Fsp3) is 0.267. The molecule has 25 heavy (non-hydrogen) atoms. The Bertz CT molecular complexity index is 818. The van der Waals surface area contributed by atoms with Gasteiger partial charge in [0.15, 0.2) is 5.75 Å². The smallest absolute Gasteiger partial charge is 0.350 e. The number of rotatable bonds is 7. The number of hydrogen-bond donors (Lipinski definition) is 1. The highest BCUT2D eigenvalue weighted by Gasteiger charge is 2.17. The fourth-order valence-corrected chi connectivity index (χ4v) is 2.91. The lowest BCUT2D eigenvalue weighted by Gasteiger charge is -2.01. The summed E-state index contributed by atoms with van der Waals surface area (Å²) in [7, 11) is 2.67. The standard InChI is InChI=1S/C15H16N4O5S/c1-4-10-13(14(20)24-3)25-15(17-10)18-16-8-9-5-6-12(23-2)11(7-9)19(21)22/h5-8H,4H2,1-3H3,(H,17,18)/b16-8-. The predicted molar refractivity (Wildman–Crippen MR) is 93.7 cm³/mol. The van der Waals surface area contributed by atoms with Gasteiger partial charge in [-0.3, -0.25) is 15.5 Å². The molecule has 10 heteroatoms. The first kappa shape index (κ1) is 18.3. The van der Waals surface area contributed by atoms with E-state index in [2.05, 4.69) is 15.5 Å². The Morgan fingerprint density at radius 3 is 2.84 bits per heavy atom. The van der Waals surface area contributed by atoms with Crippen LogP contribution in [-0.4, -0.2) is 36.3 Å². The normalized spacial score (nSPS) is 10.7. The van der Waals surface area contributed by atoms with E-state index in [4.69, 9.17) is 9.47 Å². The van der Waals surface area contributed by atoms with Crippen LogP contribution in [0.25, 0.3) is 0 Å². The number of aromatic nitrogens is 1. The van der Waals surface area contributed by atoms with Crippen molar-refractivity contribution in [3.63, 3.8) is 0 Å². The molecule has 0 saturated heterocycles. The molecule has 0 amide bonds. The van der Waals surface area contributed by atoms with Gasteiger partial charge in [-0.05, 0) is 18.6 Å². The number of methoxy groups -OCH3 is 2. The number of carbonyl (C=O) groups excluding carboxylic acids is 1. The van der Waals surface area contributed by atoms with Gasteiger partial charge >= 0.3 is 11.7 Å². The maximum Gasteiger partial charge on any atom is 0.350 e. The summed E-state index contributed by atoms with van der Waals surface area (Å²) in [5.41, 5.74) is 3.70. The Kier molecular flexibility index (Phi) is 6.01. The topological polar surface area (TPSA) is 116 Å². The molecular weight excluding hydrogens is 348 g/mol. The number of nitro groups is 1. The average molecular weight is 364 g/mol. The zero-order chi connectivity index (χ0) is 18.4. The Morgan fingerprint density at radius 1 is 1.48 bits per heavy atom. The van der Waals surface area contributed by atoms with Crippen molar-refractivity contribution in [2.75, 3.05) is 19.6 Å². The van der Waals surface area contributed by atoms with E-state index in [-0.39, 0.29) is 11.4 Å². The SMILES string of the molecule is CCc1nc(N/N=C\c2ccc(OC)c([N+](=O)[O-])c2)sc1C(=O)OC. The predicted octanol–water partition coefficient (Wildman–Crippen LogP) is 2.85. The number of benzene rings is 1. The lowest BCUT2D eigenvalue weighted by atomic mass is 10.2. The molecule has 0 unspecified atom stereocenters. The van der Waals surface area contributed by atoms with Gasteiger partial charge in [-0.15, -0.1) is 0 Å². The van der Waals surface area contributed by atoms with Gasteiger partial charge in [0.1, 0.15) is 4.88 Å². The molecule has 0 saturated carbocycles. The lowest BCUT2D eigenvalue weighted by molar-refractivity contribution is -0.385. The highest BCUT2D eigenvalue weighted by Crippen LogP contribution is 2.27. The summed E-state index contributed by atoms with van der Waals surface area (Å²) < 4.78 is 9.66. The number of nitro benzene ring substituents is 1. The van der Waals surface area contributed by atoms with E-state index in [0.717, 1.165) is 11.3 Å². The second kappa shape index (κ2) is 8.20. The molecule has 1 N–H and O–H groups in total. The van der Waals surface area contributed by atoms with Gasteiger partial charge in [0, 0.05) is 11.6 Å². The third-order valence-electron chi connectivity index (χ3n) is 3.18. The van der Waals surface area contributed by atoms with E-state index in [1.807, 2.05) is 6.92 Å². The molecule has 0 fully saturated rings. The molecule has 2 aromatic rings. The molecule has 2 rings (SSSR count). The molecule has 132 valence electrons. The molecule has 0 radical (unpaired) electrons. The number of esters is 1. The third kappa shape index (κ3) is 4.29. The molecule has 1 aromatic heterocycles. The molecule has 9 nitrogen and oxygen atoms in total. The van der Waals surface area contributed by atoms with E-state index < -0.39 is 10.9 Å². The van der Waals surface area contributed by atoms with Gasteiger partial charge in [0.05, 0.1) is 31.1 Å². The van der Waals surface area contributed by atoms with Gasteiger partial charge in [0.2, 0.25) is 5.13 Å². The number of hydrazone groups is 1. The second-order valence-corrected chi connectivity index (χ2v) is 5.70. The van der Waals surface area contributed by atoms with Gasteiger partial charge < -0.3 is 9.47 Å². The Labute approximate surface area is 147 Å². The monoisotopic (exact) mass is 364 g/mol. The van der Waals surface area contributed by atoms with Crippen molar-refractivity contribution in [2.45, 2.75) is 13.3 Å². The summed E-state index contributed by atoms with van der Waals surface area (Å²) in [6, 6.07) is 4.48. The van der Waals surface area contributed by atoms with Crippen LogP contribution in [0.3, 0.4) is 0 Å². The number of aryl methyl sites for hydroxylation is 1. The fourth-order valence-electron chi connectivity index (χ4n) is 1.98. The van der Waals surface area contributed by atoms with Crippen LogP contribution in [-0.2, 0) is 11.2 Å². The van der Waals surface area contributed by atoms with Crippen LogP contribution >= 0.6 is 11.3 Å². The number of carbonyl (C=O) groups is 1. The summed E-state index contributed by atoms with van der Waals surface area (Å²) >= 11 is 1.13. The molecule has 0 bridgehead atoms. The van der Waals surface area contributed by atoms with E-state index in [9.17, 15) is 14.9 Å². The van der Waals surface area contributed by atoms with Crippen molar-refractivity contribution in [3.8, 4) is 5.75 Å². The van der Waals surface area contributed by atoms with Crippen molar-refractivity contribution in [2.24, 2.45) is 5.10 Å². The zero-order valence-corrected chi connectivity index (χ0v) is 14.6. The first-order valence-electron chi connectivity index (χ1n) is 7.19. The van der Waals surface area contributed by atoms with Gasteiger partial charge in [0.25, 0.3) is 0 Å². The summed E-state index contributed by atoms with van der Waals surface area (Å²) in [5.74, 6) is -0.275. The van der Waals surface area contributed by atoms with Crippen molar-refractivity contribution in [3.05, 3.63) is 44.4 Å². The molecular formula is C15H16N4O5S. The number of anilines is 1. The zero-order valence-electron chi connectivity index (χ0n) is 13.8. The van der Waals surface area contributed by atoms with E-state index >= 15 is 0 Å². The van der Waals surface area contributed by atoms with Crippen LogP contribution in [0.2, 0.25) is 0 Å². The highest BCUT2D eigenvalue weighted by molar-refractivity contribution is 7.17. The maximum atomic E-state index is 11.7. The van der Waals surface area contributed by atoms with Crippen LogP contribution in [0, 0.1) is 10.1 Å². The maximum absolute atomic E-state index is 11.7. The first-order valence-corrected chi connectivity index (χ1v) is 8.01. The van der Waals surface area contributed by atoms with Crippen LogP contribution in [0.5, 0.6) is 5.75 Å². The molecule has 1 aromatic carbocycles. The molecule has 0 atom stereocenters. The van der Waals surface area contributed by atoms with Gasteiger partial charge in [-0.2, -0.15) is 5.10 Å².